The van der Waals surface area contributed by atoms with E-state index >= 15 is 0 Å². The van der Waals surface area contributed by atoms with E-state index in [1.807, 2.05) is 0 Å². The predicted molar refractivity (Wildman–Crippen MR) is 61.4 cm³/mol. The van der Waals surface area contributed by atoms with E-state index < -0.39 is 0 Å². The smallest absolute Gasteiger partial charge is 0.0104 e. The third-order valence-corrected chi connectivity index (χ3v) is 3.78. The molecule has 0 aromatic rings. The van der Waals surface area contributed by atoms with Gasteiger partial charge in [0.15, 0.2) is 0 Å². The number of rotatable bonds is 2. The van der Waals surface area contributed by atoms with Crippen LogP contribution in [0.2, 0.25) is 0 Å². The van der Waals surface area contributed by atoms with Gasteiger partial charge >= 0.3 is 0 Å². The number of hydrogen-bond acceptors (Lipinski definition) is 1. The first-order chi connectivity index (χ1) is 6.86. The molecule has 0 aromatic carbocycles. The summed E-state index contributed by atoms with van der Waals surface area (Å²) in [6.45, 7) is 3.60. The van der Waals surface area contributed by atoms with Crippen molar-refractivity contribution < 1.29 is 0 Å². The molecule has 0 bridgehead atoms. The van der Waals surface area contributed by atoms with Gasteiger partial charge in [-0.1, -0.05) is 17.6 Å². The Morgan fingerprint density at radius 2 is 2.00 bits per heavy atom. The minimum atomic E-state index is 0.789. The van der Waals surface area contributed by atoms with Gasteiger partial charge in [0, 0.05) is 6.04 Å². The minimum absolute atomic E-state index is 0.789. The van der Waals surface area contributed by atoms with E-state index in [0.29, 0.717) is 0 Å². The molecule has 1 aliphatic carbocycles. The molecule has 1 unspecified atom stereocenters. The van der Waals surface area contributed by atoms with Crippen molar-refractivity contribution in [1.82, 2.24) is 5.32 Å². The van der Waals surface area contributed by atoms with Crippen molar-refractivity contribution in [3.8, 4) is 0 Å². The highest BCUT2D eigenvalue weighted by molar-refractivity contribution is 5.16. The zero-order valence-electron chi connectivity index (χ0n) is 9.44. The Labute approximate surface area is 88.0 Å². The van der Waals surface area contributed by atoms with E-state index in [9.17, 15) is 0 Å². The lowest BCUT2D eigenvalue weighted by Crippen LogP contribution is -2.34. The normalized spacial score (nSPS) is 28.1. The maximum absolute atomic E-state index is 3.64. The van der Waals surface area contributed by atoms with Gasteiger partial charge in [-0.05, 0) is 58.4 Å². The van der Waals surface area contributed by atoms with Crippen molar-refractivity contribution >= 4 is 0 Å². The van der Waals surface area contributed by atoms with E-state index in [0.717, 1.165) is 6.04 Å². The fourth-order valence-corrected chi connectivity index (χ4v) is 2.84. The SMILES string of the molecule is CC(CC1CCCCN1)=C1CCCC1. The highest BCUT2D eigenvalue weighted by Crippen LogP contribution is 2.29. The average Bonchev–Trinajstić information content (AvgIpc) is 2.72. The third-order valence-electron chi connectivity index (χ3n) is 3.78. The molecule has 14 heavy (non-hydrogen) atoms. The molecule has 1 heterocycles. The second-order valence-electron chi connectivity index (χ2n) is 4.94. The Balaban J connectivity index is 1.85. The van der Waals surface area contributed by atoms with Crippen LogP contribution in [-0.2, 0) is 0 Å². The second-order valence-corrected chi connectivity index (χ2v) is 4.94. The molecule has 0 amide bonds. The van der Waals surface area contributed by atoms with Crippen LogP contribution in [0.1, 0.15) is 58.3 Å². The van der Waals surface area contributed by atoms with Crippen LogP contribution >= 0.6 is 0 Å². The summed E-state index contributed by atoms with van der Waals surface area (Å²) in [5.41, 5.74) is 3.47. The number of piperidine rings is 1. The van der Waals surface area contributed by atoms with Crippen molar-refractivity contribution in [3.63, 3.8) is 0 Å². The predicted octanol–water partition coefficient (Wildman–Crippen LogP) is 3.41. The number of nitrogens with one attached hydrogen (secondary N) is 1. The lowest BCUT2D eigenvalue weighted by molar-refractivity contribution is 0.397. The van der Waals surface area contributed by atoms with Crippen LogP contribution in [0.25, 0.3) is 0 Å². The number of hydrogen-bond donors (Lipinski definition) is 1. The van der Waals surface area contributed by atoms with E-state index in [1.54, 1.807) is 11.1 Å². The summed E-state index contributed by atoms with van der Waals surface area (Å²) >= 11 is 0. The maximum Gasteiger partial charge on any atom is 0.0104 e. The lowest BCUT2D eigenvalue weighted by Gasteiger charge is -2.24. The fraction of sp³-hybridized carbons (Fsp3) is 0.846. The van der Waals surface area contributed by atoms with Crippen LogP contribution in [0.5, 0.6) is 0 Å². The Bertz CT molecular complexity index is 203. The summed E-state index contributed by atoms with van der Waals surface area (Å²) < 4.78 is 0. The Kier molecular flexibility index (Phi) is 3.63. The molecule has 1 nitrogen and oxygen atoms in total. The van der Waals surface area contributed by atoms with Crippen molar-refractivity contribution in [1.29, 1.82) is 0 Å². The van der Waals surface area contributed by atoms with Crippen LogP contribution in [0.3, 0.4) is 0 Å². The molecule has 0 spiro atoms. The Morgan fingerprint density at radius 3 is 2.64 bits per heavy atom. The third kappa shape index (κ3) is 2.60. The van der Waals surface area contributed by atoms with Gasteiger partial charge in [0.1, 0.15) is 0 Å². The molecule has 1 saturated heterocycles. The summed E-state index contributed by atoms with van der Waals surface area (Å²) in [5.74, 6) is 0. The number of allylic oxidation sites excluding steroid dienone is 1. The van der Waals surface area contributed by atoms with Gasteiger partial charge in [-0.3, -0.25) is 0 Å². The molecule has 0 radical (unpaired) electrons. The molecule has 1 aliphatic heterocycles. The van der Waals surface area contributed by atoms with Gasteiger partial charge in [0.25, 0.3) is 0 Å². The van der Waals surface area contributed by atoms with Gasteiger partial charge in [-0.25, -0.2) is 0 Å². The van der Waals surface area contributed by atoms with Crippen LogP contribution in [0.4, 0.5) is 0 Å². The topological polar surface area (TPSA) is 12.0 Å². The molecular weight excluding hydrogens is 170 g/mol. The van der Waals surface area contributed by atoms with Gasteiger partial charge in [0.2, 0.25) is 0 Å². The van der Waals surface area contributed by atoms with Crippen LogP contribution < -0.4 is 5.32 Å². The van der Waals surface area contributed by atoms with Crippen molar-refractivity contribution in [2.45, 2.75) is 64.3 Å². The first-order valence-corrected chi connectivity index (χ1v) is 6.27. The summed E-state index contributed by atoms with van der Waals surface area (Å²) in [6, 6.07) is 0.789. The molecule has 2 rings (SSSR count). The van der Waals surface area contributed by atoms with Crippen LogP contribution in [0, 0.1) is 0 Å². The molecule has 80 valence electrons. The van der Waals surface area contributed by atoms with Crippen LogP contribution in [-0.4, -0.2) is 12.6 Å². The molecule has 1 atom stereocenters. The highest BCUT2D eigenvalue weighted by Gasteiger charge is 2.15. The second kappa shape index (κ2) is 4.97. The molecule has 1 saturated carbocycles. The summed E-state index contributed by atoms with van der Waals surface area (Å²) in [7, 11) is 0. The first-order valence-electron chi connectivity index (χ1n) is 6.27. The van der Waals surface area contributed by atoms with Gasteiger partial charge in [-0.2, -0.15) is 0 Å². The zero-order valence-corrected chi connectivity index (χ0v) is 9.44. The van der Waals surface area contributed by atoms with Gasteiger partial charge in [0.05, 0.1) is 0 Å². The molecule has 2 aliphatic rings. The van der Waals surface area contributed by atoms with Crippen molar-refractivity contribution in [2.24, 2.45) is 0 Å². The van der Waals surface area contributed by atoms with E-state index in [1.165, 1.54) is 57.9 Å². The highest BCUT2D eigenvalue weighted by atomic mass is 14.9. The lowest BCUT2D eigenvalue weighted by atomic mass is 9.95. The average molecular weight is 193 g/mol. The summed E-state index contributed by atoms with van der Waals surface area (Å²) in [6.07, 6.45) is 11.2. The Morgan fingerprint density at radius 1 is 1.21 bits per heavy atom. The van der Waals surface area contributed by atoms with E-state index in [-0.39, 0.29) is 0 Å². The summed E-state index contributed by atoms with van der Waals surface area (Å²) in [5, 5.41) is 3.64. The van der Waals surface area contributed by atoms with Gasteiger partial charge < -0.3 is 5.32 Å². The van der Waals surface area contributed by atoms with Crippen molar-refractivity contribution in [2.75, 3.05) is 6.54 Å². The molecule has 1 heteroatoms. The van der Waals surface area contributed by atoms with Crippen molar-refractivity contribution in [3.05, 3.63) is 11.1 Å². The maximum atomic E-state index is 3.64. The fourth-order valence-electron chi connectivity index (χ4n) is 2.84. The molecular formula is C13H23N. The van der Waals surface area contributed by atoms with Crippen LogP contribution in [0.15, 0.2) is 11.1 Å². The quantitative estimate of drug-likeness (QED) is 0.663. The van der Waals surface area contributed by atoms with Gasteiger partial charge in [-0.15, -0.1) is 0 Å². The monoisotopic (exact) mass is 193 g/mol. The molecule has 0 aromatic heterocycles. The minimum Gasteiger partial charge on any atom is -0.314 e. The van der Waals surface area contributed by atoms with E-state index in [2.05, 4.69) is 12.2 Å². The summed E-state index contributed by atoms with van der Waals surface area (Å²) in [4.78, 5) is 0. The molecule has 1 N–H and O–H groups in total. The zero-order chi connectivity index (χ0) is 9.80. The first kappa shape index (κ1) is 10.2. The largest absolute Gasteiger partial charge is 0.314 e. The molecule has 2 fully saturated rings. The standard InChI is InChI=1S/C13H23N/c1-11(12-6-2-3-7-12)10-13-8-4-5-9-14-13/h13-14H,2-10H2,1H3. The Hall–Kier alpha value is -0.300. The van der Waals surface area contributed by atoms with E-state index in [4.69, 9.17) is 0 Å².